The minimum atomic E-state index is -0.982. The zero-order valence-corrected chi connectivity index (χ0v) is 5.84. The van der Waals surface area contributed by atoms with Gasteiger partial charge < -0.3 is 11.1 Å². The Balaban J connectivity index is 2.79. The second-order valence-corrected chi connectivity index (χ2v) is 2.64. The van der Waals surface area contributed by atoms with Crippen molar-refractivity contribution in [1.82, 2.24) is 0 Å². The summed E-state index contributed by atoms with van der Waals surface area (Å²) < 4.78 is 12.7. The van der Waals surface area contributed by atoms with Crippen molar-refractivity contribution in [3.63, 3.8) is 0 Å². The van der Waals surface area contributed by atoms with E-state index in [0.717, 1.165) is 0 Å². The number of hydrogen-bond donors (Lipinski definition) is 2. The lowest BCUT2D eigenvalue weighted by atomic mass is 9.89. The molecule has 2 nitrogen and oxygen atoms in total. The van der Waals surface area contributed by atoms with Crippen LogP contribution in [0.4, 0.5) is 4.39 Å². The number of rotatable bonds is 0. The molecule has 3 atom stereocenters. The zero-order chi connectivity index (χ0) is 7.72. The van der Waals surface area contributed by atoms with Gasteiger partial charge in [0.25, 0.3) is 0 Å². The van der Waals surface area contributed by atoms with Crippen molar-refractivity contribution in [2.75, 3.05) is 0 Å². The van der Waals surface area contributed by atoms with Gasteiger partial charge in [0.1, 0.15) is 6.17 Å². The summed E-state index contributed by atoms with van der Waals surface area (Å²) >= 11 is 0. The summed E-state index contributed by atoms with van der Waals surface area (Å²) in [7, 11) is 0. The van der Waals surface area contributed by atoms with Gasteiger partial charge in [0, 0.05) is 11.6 Å². The highest BCUT2D eigenvalue weighted by atomic mass is 19.1. The normalized spacial score (nSPS) is 40.3. The molecular formula is C7H11FN2. The molecule has 0 spiro atoms. The molecule has 0 bridgehead atoms. The molecule has 0 aliphatic heterocycles. The first kappa shape index (κ1) is 7.41. The number of hydrogen-bond acceptors (Lipinski definition) is 2. The quantitative estimate of drug-likeness (QED) is 0.518. The Bertz CT molecular complexity index is 176. The van der Waals surface area contributed by atoms with Crippen molar-refractivity contribution in [1.29, 1.82) is 5.41 Å². The second-order valence-electron chi connectivity index (χ2n) is 2.64. The number of nitrogens with one attached hydrogen (secondary N) is 1. The Kier molecular flexibility index (Phi) is 1.85. The van der Waals surface area contributed by atoms with Gasteiger partial charge >= 0.3 is 0 Å². The molecule has 0 saturated heterocycles. The van der Waals surface area contributed by atoms with Crippen LogP contribution in [0.5, 0.6) is 0 Å². The summed E-state index contributed by atoms with van der Waals surface area (Å²) in [5, 5.41) is 7.24. The predicted octanol–water partition coefficient (Wildman–Crippen LogP) is 0.877. The predicted molar refractivity (Wildman–Crippen MR) is 38.9 cm³/mol. The summed E-state index contributed by atoms with van der Waals surface area (Å²) in [6.45, 7) is 1.72. The molecule has 3 unspecified atom stereocenters. The first-order valence-corrected chi connectivity index (χ1v) is 3.29. The van der Waals surface area contributed by atoms with E-state index in [-0.39, 0.29) is 5.92 Å². The second kappa shape index (κ2) is 2.50. The molecule has 0 amide bonds. The Morgan fingerprint density at radius 1 is 1.70 bits per heavy atom. The summed E-state index contributed by atoms with van der Waals surface area (Å²) in [4.78, 5) is 0. The van der Waals surface area contributed by atoms with Crippen LogP contribution in [0.1, 0.15) is 6.92 Å². The van der Waals surface area contributed by atoms with Gasteiger partial charge in [-0.2, -0.15) is 0 Å². The minimum Gasteiger partial charge on any atom is -0.322 e. The van der Waals surface area contributed by atoms with E-state index in [1.165, 1.54) is 12.2 Å². The van der Waals surface area contributed by atoms with E-state index in [2.05, 4.69) is 0 Å². The number of nitrogens with two attached hydrogens (primary N) is 1. The molecule has 3 N–H and O–H groups in total. The molecule has 1 rings (SSSR count). The average Bonchev–Trinajstić information content (AvgIpc) is 1.93. The lowest BCUT2D eigenvalue weighted by Crippen LogP contribution is -2.42. The van der Waals surface area contributed by atoms with Gasteiger partial charge in [-0.3, -0.25) is 0 Å². The van der Waals surface area contributed by atoms with Crippen molar-refractivity contribution >= 4 is 5.71 Å². The molecule has 56 valence electrons. The third-order valence-electron chi connectivity index (χ3n) is 1.89. The highest BCUT2D eigenvalue weighted by molar-refractivity contribution is 5.97. The van der Waals surface area contributed by atoms with Crippen molar-refractivity contribution in [3.8, 4) is 0 Å². The summed E-state index contributed by atoms with van der Waals surface area (Å²) in [6.07, 6.45) is 1.84. The fourth-order valence-electron chi connectivity index (χ4n) is 0.963. The van der Waals surface area contributed by atoms with E-state index in [9.17, 15) is 4.39 Å². The minimum absolute atomic E-state index is 0.252. The van der Waals surface area contributed by atoms with Crippen LogP contribution < -0.4 is 5.73 Å². The highest BCUT2D eigenvalue weighted by Crippen LogP contribution is 2.17. The van der Waals surface area contributed by atoms with Crippen LogP contribution in [0.3, 0.4) is 0 Å². The first-order valence-electron chi connectivity index (χ1n) is 3.29. The smallest absolute Gasteiger partial charge is 0.123 e. The van der Waals surface area contributed by atoms with Crippen LogP contribution in [0.15, 0.2) is 12.2 Å². The maximum atomic E-state index is 12.7. The molecule has 0 saturated carbocycles. The Morgan fingerprint density at radius 3 is 2.80 bits per heavy atom. The maximum Gasteiger partial charge on any atom is 0.123 e. The third kappa shape index (κ3) is 1.09. The van der Waals surface area contributed by atoms with Gasteiger partial charge in [-0.25, -0.2) is 4.39 Å². The van der Waals surface area contributed by atoms with Crippen LogP contribution in [-0.4, -0.2) is 17.9 Å². The third-order valence-corrected chi connectivity index (χ3v) is 1.89. The topological polar surface area (TPSA) is 49.9 Å². The molecule has 10 heavy (non-hydrogen) atoms. The molecular weight excluding hydrogens is 131 g/mol. The van der Waals surface area contributed by atoms with E-state index >= 15 is 0 Å². The largest absolute Gasteiger partial charge is 0.322 e. The lowest BCUT2D eigenvalue weighted by Gasteiger charge is -2.24. The highest BCUT2D eigenvalue weighted by Gasteiger charge is 2.26. The van der Waals surface area contributed by atoms with Crippen LogP contribution in [0.2, 0.25) is 0 Å². The van der Waals surface area contributed by atoms with E-state index in [1.807, 2.05) is 0 Å². The first-order chi connectivity index (χ1) is 4.63. The SMILES string of the molecule is CC1C(F)C=CC(=N)C1N. The van der Waals surface area contributed by atoms with Gasteiger partial charge in [-0.1, -0.05) is 6.92 Å². The van der Waals surface area contributed by atoms with Gasteiger partial charge in [0.15, 0.2) is 0 Å². The molecule has 0 fully saturated rings. The number of allylic oxidation sites excluding steroid dienone is 1. The molecule has 0 aromatic heterocycles. The molecule has 0 aromatic carbocycles. The Morgan fingerprint density at radius 2 is 2.30 bits per heavy atom. The van der Waals surface area contributed by atoms with Crippen LogP contribution in [-0.2, 0) is 0 Å². The van der Waals surface area contributed by atoms with E-state index < -0.39 is 12.2 Å². The van der Waals surface area contributed by atoms with E-state index in [1.54, 1.807) is 6.92 Å². The number of halogens is 1. The summed E-state index contributed by atoms with van der Waals surface area (Å²) in [5.41, 5.74) is 5.82. The number of alkyl halides is 1. The van der Waals surface area contributed by atoms with Gasteiger partial charge in [0.05, 0.1) is 6.04 Å². The van der Waals surface area contributed by atoms with Gasteiger partial charge in [-0.05, 0) is 12.2 Å². The standard InChI is InChI=1S/C7H11FN2/c1-4-5(8)2-3-6(9)7(4)10/h2-5,7,9H,10H2,1H3. The van der Waals surface area contributed by atoms with Crippen molar-refractivity contribution in [2.24, 2.45) is 11.7 Å². The molecule has 1 aliphatic rings. The Labute approximate surface area is 59.4 Å². The van der Waals surface area contributed by atoms with Gasteiger partial charge in [0.2, 0.25) is 0 Å². The summed E-state index contributed by atoms with van der Waals surface area (Å²) in [5.74, 6) is -0.252. The molecule has 3 heteroatoms. The Hall–Kier alpha value is -0.700. The molecule has 0 heterocycles. The monoisotopic (exact) mass is 142 g/mol. The molecule has 1 aliphatic carbocycles. The van der Waals surface area contributed by atoms with Crippen LogP contribution in [0, 0.1) is 11.3 Å². The summed E-state index contributed by atoms with van der Waals surface area (Å²) in [6, 6.07) is -0.431. The van der Waals surface area contributed by atoms with E-state index in [0.29, 0.717) is 5.71 Å². The molecule has 0 radical (unpaired) electrons. The van der Waals surface area contributed by atoms with E-state index in [4.69, 9.17) is 11.1 Å². The maximum absolute atomic E-state index is 12.7. The lowest BCUT2D eigenvalue weighted by molar-refractivity contribution is 0.281. The fraction of sp³-hybridized carbons (Fsp3) is 0.571. The zero-order valence-electron chi connectivity index (χ0n) is 5.84. The van der Waals surface area contributed by atoms with Crippen molar-refractivity contribution < 1.29 is 4.39 Å². The van der Waals surface area contributed by atoms with Crippen LogP contribution >= 0.6 is 0 Å². The van der Waals surface area contributed by atoms with Gasteiger partial charge in [-0.15, -0.1) is 0 Å². The van der Waals surface area contributed by atoms with Crippen LogP contribution in [0.25, 0.3) is 0 Å². The fourth-order valence-corrected chi connectivity index (χ4v) is 0.963. The molecule has 0 aromatic rings. The average molecular weight is 142 g/mol. The van der Waals surface area contributed by atoms with Crippen molar-refractivity contribution in [2.45, 2.75) is 19.1 Å². The van der Waals surface area contributed by atoms with Crippen molar-refractivity contribution in [3.05, 3.63) is 12.2 Å².